The Labute approximate surface area is 110 Å². The molecule has 19 heavy (non-hydrogen) atoms. The van der Waals surface area contributed by atoms with Crippen molar-refractivity contribution in [3.63, 3.8) is 0 Å². The van der Waals surface area contributed by atoms with E-state index in [2.05, 4.69) is 4.98 Å². The molecule has 2 aromatic rings. The second-order valence-corrected chi connectivity index (χ2v) is 3.98. The number of nitrogens with zero attached hydrogens (tertiary/aromatic N) is 2. The summed E-state index contributed by atoms with van der Waals surface area (Å²) in [5.74, 6) is 0.169. The fourth-order valence-corrected chi connectivity index (χ4v) is 1.63. The zero-order chi connectivity index (χ0) is 13.7. The first kappa shape index (κ1) is 13.3. The number of nitrogen functional groups attached to an aromatic ring is 1. The maximum absolute atomic E-state index is 11.5. The Hall–Kier alpha value is -2.18. The molecule has 1 heterocycles. The van der Waals surface area contributed by atoms with E-state index < -0.39 is 11.8 Å². The topological polar surface area (TPSA) is 90.4 Å². The number of anilines is 1. The van der Waals surface area contributed by atoms with Crippen LogP contribution in [0.15, 0.2) is 47.4 Å². The van der Waals surface area contributed by atoms with Gasteiger partial charge >= 0.3 is 5.69 Å². The number of hydrogen-bond acceptors (Lipinski definition) is 5. The minimum atomic E-state index is -0.482. The summed E-state index contributed by atoms with van der Waals surface area (Å²) in [5.41, 5.74) is 5.76. The summed E-state index contributed by atoms with van der Waals surface area (Å²) in [6.07, 6.45) is 1.02. The van der Waals surface area contributed by atoms with E-state index in [1.807, 2.05) is 30.3 Å². The molecule has 2 rings (SSSR count). The van der Waals surface area contributed by atoms with Crippen molar-refractivity contribution in [2.75, 3.05) is 12.3 Å². The van der Waals surface area contributed by atoms with E-state index in [1.165, 1.54) is 16.8 Å². The SMILES string of the molecule is Nc1ccn(CO[C@H](CO)c2ccccc2)c(=O)n1. The van der Waals surface area contributed by atoms with Crippen molar-refractivity contribution in [3.8, 4) is 0 Å². The van der Waals surface area contributed by atoms with Gasteiger partial charge in [0, 0.05) is 6.20 Å². The fraction of sp³-hybridized carbons (Fsp3) is 0.231. The zero-order valence-electron chi connectivity index (χ0n) is 10.3. The van der Waals surface area contributed by atoms with Crippen LogP contribution >= 0.6 is 0 Å². The Kier molecular flexibility index (Phi) is 4.27. The van der Waals surface area contributed by atoms with E-state index in [4.69, 9.17) is 10.5 Å². The Morgan fingerprint density at radius 2 is 2.05 bits per heavy atom. The third kappa shape index (κ3) is 3.40. The maximum Gasteiger partial charge on any atom is 0.351 e. The molecule has 1 aromatic heterocycles. The highest BCUT2D eigenvalue weighted by molar-refractivity contribution is 5.23. The van der Waals surface area contributed by atoms with Crippen LogP contribution in [0.25, 0.3) is 0 Å². The van der Waals surface area contributed by atoms with Crippen LogP contribution in [0, 0.1) is 0 Å². The molecule has 100 valence electrons. The molecule has 1 aromatic carbocycles. The largest absolute Gasteiger partial charge is 0.393 e. The average molecular weight is 261 g/mol. The summed E-state index contributed by atoms with van der Waals surface area (Å²) < 4.78 is 6.80. The van der Waals surface area contributed by atoms with Gasteiger partial charge in [-0.05, 0) is 11.6 Å². The van der Waals surface area contributed by atoms with E-state index in [0.717, 1.165) is 5.56 Å². The summed E-state index contributed by atoms with van der Waals surface area (Å²) in [4.78, 5) is 15.1. The molecule has 0 spiro atoms. The van der Waals surface area contributed by atoms with Gasteiger partial charge in [-0.2, -0.15) is 4.98 Å². The van der Waals surface area contributed by atoms with Crippen molar-refractivity contribution in [2.45, 2.75) is 12.8 Å². The Balaban J connectivity index is 2.06. The van der Waals surface area contributed by atoms with Gasteiger partial charge in [-0.3, -0.25) is 4.57 Å². The number of aliphatic hydroxyl groups is 1. The molecule has 6 heteroatoms. The molecule has 0 unspecified atom stereocenters. The molecule has 3 N–H and O–H groups in total. The molecule has 0 aliphatic carbocycles. The van der Waals surface area contributed by atoms with Crippen LogP contribution in [0.4, 0.5) is 5.82 Å². The second kappa shape index (κ2) is 6.12. The highest BCUT2D eigenvalue weighted by atomic mass is 16.5. The van der Waals surface area contributed by atoms with E-state index in [1.54, 1.807) is 0 Å². The lowest BCUT2D eigenvalue weighted by molar-refractivity contribution is -0.0271. The molecular formula is C13H15N3O3. The lowest BCUT2D eigenvalue weighted by Crippen LogP contribution is -2.25. The van der Waals surface area contributed by atoms with Crippen molar-refractivity contribution in [3.05, 3.63) is 58.6 Å². The van der Waals surface area contributed by atoms with Crippen molar-refractivity contribution < 1.29 is 9.84 Å². The number of ether oxygens (including phenoxy) is 1. The second-order valence-electron chi connectivity index (χ2n) is 3.98. The minimum Gasteiger partial charge on any atom is -0.393 e. The lowest BCUT2D eigenvalue weighted by atomic mass is 10.1. The molecule has 0 radical (unpaired) electrons. The number of benzene rings is 1. The van der Waals surface area contributed by atoms with Gasteiger partial charge < -0.3 is 15.6 Å². The standard InChI is InChI=1S/C13H15N3O3/c14-12-6-7-16(13(18)15-12)9-19-11(8-17)10-4-2-1-3-5-10/h1-7,11,17H,8-9H2,(H2,14,15,18)/t11-/m1/s1. The third-order valence-electron chi connectivity index (χ3n) is 2.65. The van der Waals surface area contributed by atoms with E-state index in [9.17, 15) is 9.90 Å². The first-order valence-corrected chi connectivity index (χ1v) is 5.81. The summed E-state index contributed by atoms with van der Waals surface area (Å²) in [6.45, 7) is -0.159. The highest BCUT2D eigenvalue weighted by Gasteiger charge is 2.10. The van der Waals surface area contributed by atoms with Crippen LogP contribution in [-0.4, -0.2) is 21.3 Å². The summed E-state index contributed by atoms with van der Waals surface area (Å²) in [7, 11) is 0. The van der Waals surface area contributed by atoms with E-state index in [-0.39, 0.29) is 19.2 Å². The van der Waals surface area contributed by atoms with Gasteiger partial charge in [-0.1, -0.05) is 30.3 Å². The van der Waals surface area contributed by atoms with Crippen molar-refractivity contribution >= 4 is 5.82 Å². The average Bonchev–Trinajstić information content (AvgIpc) is 2.43. The van der Waals surface area contributed by atoms with Crippen LogP contribution in [0.2, 0.25) is 0 Å². The van der Waals surface area contributed by atoms with Gasteiger partial charge in [-0.15, -0.1) is 0 Å². The summed E-state index contributed by atoms with van der Waals surface area (Å²) in [6, 6.07) is 10.8. The quantitative estimate of drug-likeness (QED) is 0.819. The van der Waals surface area contributed by atoms with Crippen molar-refractivity contribution in [2.24, 2.45) is 0 Å². The number of aliphatic hydroxyl groups excluding tert-OH is 1. The molecule has 1 atom stereocenters. The van der Waals surface area contributed by atoms with Crippen molar-refractivity contribution in [1.82, 2.24) is 9.55 Å². The van der Waals surface area contributed by atoms with Gasteiger partial charge in [0.2, 0.25) is 0 Å². The minimum absolute atomic E-state index is 0.00618. The van der Waals surface area contributed by atoms with E-state index in [0.29, 0.717) is 0 Å². The number of hydrogen-bond donors (Lipinski definition) is 2. The van der Waals surface area contributed by atoms with Crippen molar-refractivity contribution in [1.29, 1.82) is 0 Å². The fourth-order valence-electron chi connectivity index (χ4n) is 1.63. The van der Waals surface area contributed by atoms with Gasteiger partial charge in [0.05, 0.1) is 6.61 Å². The van der Waals surface area contributed by atoms with Crippen LogP contribution in [-0.2, 0) is 11.5 Å². The Bertz CT molecular complexity index is 583. The normalized spacial score (nSPS) is 12.3. The van der Waals surface area contributed by atoms with Gasteiger partial charge in [0.15, 0.2) is 0 Å². The van der Waals surface area contributed by atoms with E-state index >= 15 is 0 Å². The Morgan fingerprint density at radius 3 is 2.68 bits per heavy atom. The molecule has 0 saturated carbocycles. The van der Waals surface area contributed by atoms with Crippen LogP contribution < -0.4 is 11.4 Å². The molecule has 0 fully saturated rings. The molecular weight excluding hydrogens is 246 g/mol. The molecule has 0 amide bonds. The molecule has 0 bridgehead atoms. The van der Waals surface area contributed by atoms with Crippen LogP contribution in [0.3, 0.4) is 0 Å². The predicted molar refractivity (Wildman–Crippen MR) is 70.3 cm³/mol. The molecule has 0 aliphatic heterocycles. The summed E-state index contributed by atoms with van der Waals surface area (Å²) in [5, 5.41) is 9.32. The van der Waals surface area contributed by atoms with Gasteiger partial charge in [0.1, 0.15) is 18.7 Å². The monoisotopic (exact) mass is 261 g/mol. The lowest BCUT2D eigenvalue weighted by Gasteiger charge is -2.16. The summed E-state index contributed by atoms with van der Waals surface area (Å²) >= 11 is 0. The molecule has 0 saturated heterocycles. The number of rotatable bonds is 5. The first-order chi connectivity index (χ1) is 9.20. The number of nitrogens with two attached hydrogens (primary N) is 1. The van der Waals surface area contributed by atoms with Crippen LogP contribution in [0.5, 0.6) is 0 Å². The van der Waals surface area contributed by atoms with Crippen LogP contribution in [0.1, 0.15) is 11.7 Å². The Morgan fingerprint density at radius 1 is 1.32 bits per heavy atom. The molecule has 0 aliphatic rings. The first-order valence-electron chi connectivity index (χ1n) is 5.81. The smallest absolute Gasteiger partial charge is 0.351 e. The highest BCUT2D eigenvalue weighted by Crippen LogP contribution is 2.16. The number of aromatic nitrogens is 2. The zero-order valence-corrected chi connectivity index (χ0v) is 10.3. The predicted octanol–water partition coefficient (Wildman–Crippen LogP) is 0.533. The third-order valence-corrected chi connectivity index (χ3v) is 2.65. The van der Waals surface area contributed by atoms with Gasteiger partial charge in [0.25, 0.3) is 0 Å². The van der Waals surface area contributed by atoms with Gasteiger partial charge in [-0.25, -0.2) is 4.79 Å². The maximum atomic E-state index is 11.5. The molecule has 6 nitrogen and oxygen atoms in total.